The normalized spacial score (nSPS) is 30.9. The summed E-state index contributed by atoms with van der Waals surface area (Å²) >= 11 is 0. The SMILES string of the molecule is CCOC(=O)C1CCC2C(=O)CCCN2C1. The summed E-state index contributed by atoms with van der Waals surface area (Å²) in [5.41, 5.74) is 0. The van der Waals surface area contributed by atoms with Crippen molar-refractivity contribution in [2.45, 2.75) is 38.6 Å². The molecule has 0 amide bonds. The minimum absolute atomic E-state index is 0.0258. The fourth-order valence-electron chi connectivity index (χ4n) is 2.73. The van der Waals surface area contributed by atoms with Crippen molar-refractivity contribution in [1.29, 1.82) is 0 Å². The van der Waals surface area contributed by atoms with Crippen LogP contribution in [0.1, 0.15) is 32.6 Å². The van der Waals surface area contributed by atoms with Crippen LogP contribution in [0.3, 0.4) is 0 Å². The molecule has 2 unspecified atom stereocenters. The second kappa shape index (κ2) is 4.95. The van der Waals surface area contributed by atoms with Crippen LogP contribution in [0.2, 0.25) is 0 Å². The van der Waals surface area contributed by atoms with E-state index in [0.717, 1.165) is 25.8 Å². The minimum Gasteiger partial charge on any atom is -0.466 e. The lowest BCUT2D eigenvalue weighted by molar-refractivity contribution is -0.152. The van der Waals surface area contributed by atoms with Gasteiger partial charge in [0.05, 0.1) is 18.6 Å². The summed E-state index contributed by atoms with van der Waals surface area (Å²) in [6, 6.07) is 0.0828. The first-order valence-electron chi connectivity index (χ1n) is 6.15. The van der Waals surface area contributed by atoms with E-state index in [1.54, 1.807) is 0 Å². The van der Waals surface area contributed by atoms with Crippen molar-refractivity contribution in [2.75, 3.05) is 19.7 Å². The zero-order valence-electron chi connectivity index (χ0n) is 9.78. The van der Waals surface area contributed by atoms with E-state index < -0.39 is 0 Å². The highest BCUT2D eigenvalue weighted by atomic mass is 16.5. The Kier molecular flexibility index (Phi) is 3.59. The smallest absolute Gasteiger partial charge is 0.310 e. The third kappa shape index (κ3) is 2.26. The van der Waals surface area contributed by atoms with Crippen LogP contribution in [0.5, 0.6) is 0 Å². The van der Waals surface area contributed by atoms with Crippen LogP contribution in [-0.2, 0) is 14.3 Å². The molecule has 0 aliphatic carbocycles. The number of carbonyl (C=O) groups is 2. The van der Waals surface area contributed by atoms with Gasteiger partial charge in [0.15, 0.2) is 0 Å². The van der Waals surface area contributed by atoms with Gasteiger partial charge in [0.2, 0.25) is 0 Å². The number of Topliss-reactive ketones (excluding diaryl/α,β-unsaturated/α-hetero) is 1. The van der Waals surface area contributed by atoms with E-state index in [2.05, 4.69) is 4.90 Å². The maximum atomic E-state index is 11.7. The maximum absolute atomic E-state index is 11.7. The van der Waals surface area contributed by atoms with Crippen molar-refractivity contribution in [2.24, 2.45) is 5.92 Å². The second-order valence-electron chi connectivity index (χ2n) is 4.61. The number of carbonyl (C=O) groups excluding carboxylic acids is 2. The van der Waals surface area contributed by atoms with Gasteiger partial charge in [-0.25, -0.2) is 0 Å². The van der Waals surface area contributed by atoms with Crippen molar-refractivity contribution >= 4 is 11.8 Å². The Morgan fingerprint density at radius 3 is 3.06 bits per heavy atom. The molecule has 0 aromatic rings. The van der Waals surface area contributed by atoms with Gasteiger partial charge in [-0.05, 0) is 32.7 Å². The Labute approximate surface area is 95.9 Å². The van der Waals surface area contributed by atoms with Crippen LogP contribution in [0.25, 0.3) is 0 Å². The van der Waals surface area contributed by atoms with Crippen LogP contribution in [0.4, 0.5) is 0 Å². The molecule has 0 radical (unpaired) electrons. The molecule has 2 aliphatic rings. The fraction of sp³-hybridized carbons (Fsp3) is 0.833. The fourth-order valence-corrected chi connectivity index (χ4v) is 2.73. The minimum atomic E-state index is -0.0982. The Morgan fingerprint density at radius 2 is 2.31 bits per heavy atom. The molecule has 4 heteroatoms. The van der Waals surface area contributed by atoms with E-state index in [4.69, 9.17) is 4.74 Å². The lowest BCUT2D eigenvalue weighted by atomic mass is 9.87. The summed E-state index contributed by atoms with van der Waals surface area (Å²) in [5.74, 6) is 0.231. The average molecular weight is 225 g/mol. The molecular weight excluding hydrogens is 206 g/mol. The van der Waals surface area contributed by atoms with Crippen LogP contribution in [0.15, 0.2) is 0 Å². The zero-order chi connectivity index (χ0) is 11.5. The molecular formula is C12H19NO3. The Morgan fingerprint density at radius 1 is 1.50 bits per heavy atom. The van der Waals surface area contributed by atoms with Crippen molar-refractivity contribution in [3.8, 4) is 0 Å². The van der Waals surface area contributed by atoms with E-state index in [1.807, 2.05) is 6.92 Å². The number of piperidine rings is 2. The number of rotatable bonds is 2. The van der Waals surface area contributed by atoms with Gasteiger partial charge in [0.25, 0.3) is 0 Å². The molecule has 90 valence electrons. The van der Waals surface area contributed by atoms with Gasteiger partial charge in [-0.15, -0.1) is 0 Å². The van der Waals surface area contributed by atoms with Crippen LogP contribution in [0, 0.1) is 5.92 Å². The molecule has 16 heavy (non-hydrogen) atoms. The van der Waals surface area contributed by atoms with E-state index in [9.17, 15) is 9.59 Å². The first-order chi connectivity index (χ1) is 7.72. The highest BCUT2D eigenvalue weighted by molar-refractivity contribution is 5.85. The quantitative estimate of drug-likeness (QED) is 0.658. The molecule has 0 spiro atoms. The van der Waals surface area contributed by atoms with Crippen molar-refractivity contribution in [3.63, 3.8) is 0 Å². The largest absolute Gasteiger partial charge is 0.466 e. The number of nitrogens with zero attached hydrogens (tertiary/aromatic N) is 1. The standard InChI is InChI=1S/C12H19NO3/c1-2-16-12(15)9-5-6-10-11(14)4-3-7-13(10)8-9/h9-10H,2-8H2,1H3. The Bertz CT molecular complexity index is 290. The molecule has 2 aliphatic heterocycles. The highest BCUT2D eigenvalue weighted by Crippen LogP contribution is 2.27. The van der Waals surface area contributed by atoms with Gasteiger partial charge in [0, 0.05) is 13.0 Å². The van der Waals surface area contributed by atoms with Gasteiger partial charge in [-0.2, -0.15) is 0 Å². The summed E-state index contributed by atoms with van der Waals surface area (Å²) in [5, 5.41) is 0. The summed E-state index contributed by atoms with van der Waals surface area (Å²) in [6.07, 6.45) is 3.27. The molecule has 0 saturated carbocycles. The zero-order valence-corrected chi connectivity index (χ0v) is 9.78. The molecule has 0 N–H and O–H groups in total. The molecule has 2 heterocycles. The first-order valence-corrected chi connectivity index (χ1v) is 6.15. The number of ether oxygens (including phenoxy) is 1. The van der Waals surface area contributed by atoms with Crippen LogP contribution >= 0.6 is 0 Å². The number of esters is 1. The van der Waals surface area contributed by atoms with Crippen molar-refractivity contribution in [1.82, 2.24) is 4.90 Å². The average Bonchev–Trinajstić information content (AvgIpc) is 2.29. The van der Waals surface area contributed by atoms with Gasteiger partial charge in [-0.1, -0.05) is 0 Å². The van der Waals surface area contributed by atoms with Gasteiger partial charge in [-0.3, -0.25) is 14.5 Å². The summed E-state index contributed by atoms with van der Waals surface area (Å²) < 4.78 is 5.04. The number of hydrogen-bond acceptors (Lipinski definition) is 4. The summed E-state index contributed by atoms with van der Waals surface area (Å²) in [6.45, 7) is 3.92. The second-order valence-corrected chi connectivity index (χ2v) is 4.61. The van der Waals surface area contributed by atoms with Crippen LogP contribution in [-0.4, -0.2) is 42.4 Å². The molecule has 0 aromatic carbocycles. The topological polar surface area (TPSA) is 46.6 Å². The Balaban J connectivity index is 1.94. The molecule has 0 aromatic heterocycles. The third-order valence-corrected chi connectivity index (χ3v) is 3.54. The first kappa shape index (κ1) is 11.6. The van der Waals surface area contributed by atoms with Crippen molar-refractivity contribution < 1.29 is 14.3 Å². The lowest BCUT2D eigenvalue weighted by Gasteiger charge is -2.40. The molecule has 2 saturated heterocycles. The monoisotopic (exact) mass is 225 g/mol. The summed E-state index contributed by atoms with van der Waals surface area (Å²) in [7, 11) is 0. The van der Waals surface area contributed by atoms with Crippen LogP contribution < -0.4 is 0 Å². The number of fused-ring (bicyclic) bond motifs is 1. The van der Waals surface area contributed by atoms with E-state index in [1.165, 1.54) is 0 Å². The molecule has 2 rings (SSSR count). The predicted octanol–water partition coefficient (Wildman–Crippen LogP) is 0.993. The van der Waals surface area contributed by atoms with Crippen molar-refractivity contribution in [3.05, 3.63) is 0 Å². The molecule has 0 bridgehead atoms. The Hall–Kier alpha value is -0.900. The predicted molar refractivity (Wildman–Crippen MR) is 59.0 cm³/mol. The maximum Gasteiger partial charge on any atom is 0.310 e. The molecule has 4 nitrogen and oxygen atoms in total. The van der Waals surface area contributed by atoms with E-state index >= 15 is 0 Å². The number of hydrogen-bond donors (Lipinski definition) is 0. The molecule has 2 atom stereocenters. The van der Waals surface area contributed by atoms with Gasteiger partial charge in [0.1, 0.15) is 5.78 Å². The molecule has 2 fully saturated rings. The van der Waals surface area contributed by atoms with E-state index in [0.29, 0.717) is 25.4 Å². The highest BCUT2D eigenvalue weighted by Gasteiger charge is 2.37. The lowest BCUT2D eigenvalue weighted by Crippen LogP contribution is -2.52. The van der Waals surface area contributed by atoms with E-state index in [-0.39, 0.29) is 17.9 Å². The van der Waals surface area contributed by atoms with Gasteiger partial charge < -0.3 is 4.74 Å². The number of ketones is 1. The summed E-state index contributed by atoms with van der Waals surface area (Å²) in [4.78, 5) is 25.5. The van der Waals surface area contributed by atoms with Gasteiger partial charge >= 0.3 is 5.97 Å². The third-order valence-electron chi connectivity index (χ3n) is 3.54.